The summed E-state index contributed by atoms with van der Waals surface area (Å²) >= 11 is 0. The molecule has 0 saturated carbocycles. The van der Waals surface area contributed by atoms with Crippen molar-refractivity contribution in [2.24, 2.45) is 5.92 Å². The topological polar surface area (TPSA) is 62.3 Å². The molecule has 1 atom stereocenters. The second-order valence-electron chi connectivity index (χ2n) is 9.27. The van der Waals surface area contributed by atoms with E-state index in [2.05, 4.69) is 18.7 Å². The first-order chi connectivity index (χ1) is 12.6. The summed E-state index contributed by atoms with van der Waals surface area (Å²) in [5, 5.41) is 0. The summed E-state index contributed by atoms with van der Waals surface area (Å²) in [6, 6.07) is 0. The van der Waals surface area contributed by atoms with Gasteiger partial charge in [-0.25, -0.2) is 9.59 Å². The number of carbonyl (C=O) groups excluding carboxylic acids is 2. The van der Waals surface area contributed by atoms with E-state index in [0.717, 1.165) is 38.9 Å². The molecule has 2 saturated heterocycles. The van der Waals surface area contributed by atoms with Gasteiger partial charge in [0.25, 0.3) is 0 Å². The van der Waals surface area contributed by atoms with Crippen molar-refractivity contribution in [3.05, 3.63) is 0 Å². The van der Waals surface area contributed by atoms with Gasteiger partial charge in [0.1, 0.15) is 5.60 Å². The molecule has 0 aliphatic carbocycles. The molecule has 1 unspecified atom stereocenters. The number of piperazine rings is 1. The summed E-state index contributed by atoms with van der Waals surface area (Å²) in [6.45, 7) is 14.5. The van der Waals surface area contributed by atoms with Crippen LogP contribution in [-0.2, 0) is 9.47 Å². The standard InChI is InChI=1S/C20H37N3O4/c1-16(2)14-20(8-7-9-22(15-20)17(24)26-6)23-12-10-21(11-13-23)18(25)27-19(3,4)5/h16H,7-15H2,1-6H3. The fraction of sp³-hybridized carbons (Fsp3) is 0.900. The van der Waals surface area contributed by atoms with Crippen LogP contribution >= 0.6 is 0 Å². The summed E-state index contributed by atoms with van der Waals surface area (Å²) in [7, 11) is 1.45. The van der Waals surface area contributed by atoms with E-state index in [0.29, 0.717) is 25.6 Å². The van der Waals surface area contributed by atoms with Crippen LogP contribution in [0.4, 0.5) is 9.59 Å². The lowest BCUT2D eigenvalue weighted by atomic mass is 9.80. The van der Waals surface area contributed by atoms with Crippen molar-refractivity contribution in [3.8, 4) is 0 Å². The van der Waals surface area contributed by atoms with Crippen LogP contribution in [0, 0.1) is 5.92 Å². The lowest BCUT2D eigenvalue weighted by Gasteiger charge is -2.52. The van der Waals surface area contributed by atoms with E-state index < -0.39 is 5.60 Å². The Morgan fingerprint density at radius 1 is 1.00 bits per heavy atom. The molecule has 7 heteroatoms. The number of methoxy groups -OCH3 is 1. The fourth-order valence-electron chi connectivity index (χ4n) is 4.40. The van der Waals surface area contributed by atoms with Crippen LogP contribution in [-0.4, -0.2) is 84.4 Å². The van der Waals surface area contributed by atoms with Gasteiger partial charge in [0, 0.05) is 44.8 Å². The number of nitrogens with zero attached hydrogens (tertiary/aromatic N) is 3. The monoisotopic (exact) mass is 383 g/mol. The van der Waals surface area contributed by atoms with E-state index in [1.54, 1.807) is 4.90 Å². The summed E-state index contributed by atoms with van der Waals surface area (Å²) in [5.41, 5.74) is -0.516. The van der Waals surface area contributed by atoms with Crippen molar-refractivity contribution in [3.63, 3.8) is 0 Å². The predicted octanol–water partition coefficient (Wildman–Crippen LogP) is 3.19. The van der Waals surface area contributed by atoms with E-state index >= 15 is 0 Å². The van der Waals surface area contributed by atoms with Crippen molar-refractivity contribution < 1.29 is 19.1 Å². The van der Waals surface area contributed by atoms with Gasteiger partial charge < -0.3 is 19.3 Å². The molecule has 0 aromatic carbocycles. The molecule has 27 heavy (non-hydrogen) atoms. The Morgan fingerprint density at radius 2 is 1.63 bits per heavy atom. The Labute approximate surface area is 163 Å². The lowest BCUT2D eigenvalue weighted by molar-refractivity contribution is -0.0344. The molecule has 2 aliphatic heterocycles. The molecule has 0 aromatic rings. The molecule has 2 heterocycles. The molecule has 156 valence electrons. The van der Waals surface area contributed by atoms with Gasteiger partial charge in [-0.1, -0.05) is 13.8 Å². The van der Waals surface area contributed by atoms with Gasteiger partial charge in [-0.3, -0.25) is 4.90 Å². The Hall–Kier alpha value is -1.50. The SMILES string of the molecule is COC(=O)N1CCCC(CC(C)C)(N2CCN(C(=O)OC(C)(C)C)CC2)C1. The van der Waals surface area contributed by atoms with Crippen molar-refractivity contribution >= 4 is 12.2 Å². The number of ether oxygens (including phenoxy) is 2. The fourth-order valence-corrected chi connectivity index (χ4v) is 4.40. The second kappa shape index (κ2) is 8.67. The molecule has 2 aliphatic rings. The van der Waals surface area contributed by atoms with Crippen molar-refractivity contribution in [2.45, 2.75) is 65.0 Å². The molecule has 0 N–H and O–H groups in total. The smallest absolute Gasteiger partial charge is 0.410 e. The molecule has 2 fully saturated rings. The van der Waals surface area contributed by atoms with Crippen LogP contribution in [0.2, 0.25) is 0 Å². The summed E-state index contributed by atoms with van der Waals surface area (Å²) in [5.74, 6) is 0.534. The van der Waals surface area contributed by atoms with Gasteiger partial charge in [-0.05, 0) is 46.0 Å². The van der Waals surface area contributed by atoms with Gasteiger partial charge in [0.2, 0.25) is 0 Å². The Balaban J connectivity index is 2.06. The Bertz CT molecular complexity index is 524. The molecule has 2 amide bonds. The second-order valence-corrected chi connectivity index (χ2v) is 9.27. The highest BCUT2D eigenvalue weighted by molar-refractivity contribution is 5.68. The van der Waals surface area contributed by atoms with Gasteiger partial charge in [0.05, 0.1) is 7.11 Å². The van der Waals surface area contributed by atoms with E-state index in [9.17, 15) is 9.59 Å². The third-order valence-electron chi connectivity index (χ3n) is 5.38. The van der Waals surface area contributed by atoms with Crippen LogP contribution in [0.1, 0.15) is 53.9 Å². The van der Waals surface area contributed by atoms with Crippen LogP contribution in [0.5, 0.6) is 0 Å². The first kappa shape index (κ1) is 21.8. The molecule has 0 spiro atoms. The molecule has 2 rings (SSSR count). The first-order valence-electron chi connectivity index (χ1n) is 10.1. The van der Waals surface area contributed by atoms with Gasteiger partial charge in [-0.2, -0.15) is 0 Å². The zero-order chi connectivity index (χ0) is 20.2. The number of carbonyl (C=O) groups is 2. The number of hydrogen-bond donors (Lipinski definition) is 0. The number of piperidine rings is 1. The maximum atomic E-state index is 12.4. The summed E-state index contributed by atoms with van der Waals surface area (Å²) in [6.07, 6.45) is 2.61. The van der Waals surface area contributed by atoms with Crippen LogP contribution in [0.25, 0.3) is 0 Å². The minimum Gasteiger partial charge on any atom is -0.453 e. The van der Waals surface area contributed by atoms with Crippen LogP contribution in [0.3, 0.4) is 0 Å². The van der Waals surface area contributed by atoms with E-state index in [-0.39, 0.29) is 17.7 Å². The highest BCUT2D eigenvalue weighted by Gasteiger charge is 2.44. The quantitative estimate of drug-likeness (QED) is 0.749. The molecule has 0 aromatic heterocycles. The number of hydrogen-bond acceptors (Lipinski definition) is 5. The zero-order valence-electron chi connectivity index (χ0n) is 17.9. The summed E-state index contributed by atoms with van der Waals surface area (Å²) < 4.78 is 10.5. The largest absolute Gasteiger partial charge is 0.453 e. The Kier molecular flexibility index (Phi) is 7.00. The highest BCUT2D eigenvalue weighted by Crippen LogP contribution is 2.35. The third-order valence-corrected chi connectivity index (χ3v) is 5.38. The van der Waals surface area contributed by atoms with Crippen molar-refractivity contribution in [2.75, 3.05) is 46.4 Å². The Morgan fingerprint density at radius 3 is 2.15 bits per heavy atom. The van der Waals surface area contributed by atoms with Crippen molar-refractivity contribution in [1.82, 2.24) is 14.7 Å². The van der Waals surface area contributed by atoms with Gasteiger partial charge in [-0.15, -0.1) is 0 Å². The average molecular weight is 384 g/mol. The van der Waals surface area contributed by atoms with Gasteiger partial charge in [0.15, 0.2) is 0 Å². The molecule has 7 nitrogen and oxygen atoms in total. The predicted molar refractivity (Wildman–Crippen MR) is 105 cm³/mol. The maximum absolute atomic E-state index is 12.4. The number of rotatable bonds is 3. The van der Waals surface area contributed by atoms with E-state index in [1.165, 1.54) is 7.11 Å². The molecule has 0 bridgehead atoms. The third kappa shape index (κ3) is 5.74. The molecule has 0 radical (unpaired) electrons. The highest BCUT2D eigenvalue weighted by atomic mass is 16.6. The first-order valence-corrected chi connectivity index (χ1v) is 10.1. The maximum Gasteiger partial charge on any atom is 0.410 e. The van der Waals surface area contributed by atoms with Crippen molar-refractivity contribution in [1.29, 1.82) is 0 Å². The summed E-state index contributed by atoms with van der Waals surface area (Å²) in [4.78, 5) is 30.6. The van der Waals surface area contributed by atoms with Crippen LogP contribution in [0.15, 0.2) is 0 Å². The molecular weight excluding hydrogens is 346 g/mol. The lowest BCUT2D eigenvalue weighted by Crippen LogP contribution is -2.64. The number of amides is 2. The van der Waals surface area contributed by atoms with E-state index in [4.69, 9.17) is 9.47 Å². The normalized spacial score (nSPS) is 24.9. The van der Waals surface area contributed by atoms with Crippen LogP contribution < -0.4 is 0 Å². The zero-order valence-corrected chi connectivity index (χ0v) is 17.9. The van der Waals surface area contributed by atoms with E-state index in [1.807, 2.05) is 25.7 Å². The minimum atomic E-state index is -0.475. The molecular formula is C20H37N3O4. The minimum absolute atomic E-state index is 0.0410. The number of likely N-dealkylation sites (tertiary alicyclic amines) is 1. The average Bonchev–Trinajstić information content (AvgIpc) is 2.59. The van der Waals surface area contributed by atoms with Gasteiger partial charge >= 0.3 is 12.2 Å².